The normalized spacial score (nSPS) is 10.3. The molecule has 0 radical (unpaired) electrons. The zero-order valence-electron chi connectivity index (χ0n) is 15.6. The molecule has 0 aliphatic heterocycles. The second-order valence-electron chi connectivity index (χ2n) is 6.01. The zero-order valence-corrected chi connectivity index (χ0v) is 15.6. The Labute approximate surface area is 164 Å². The summed E-state index contributed by atoms with van der Waals surface area (Å²) in [4.78, 5) is 36.2. The number of aromatic nitrogens is 2. The number of amides is 2. The second-order valence-corrected chi connectivity index (χ2v) is 6.01. The van der Waals surface area contributed by atoms with Gasteiger partial charge in [-0.2, -0.15) is 5.10 Å². The van der Waals surface area contributed by atoms with Crippen LogP contribution in [0, 0.1) is 5.82 Å². The van der Waals surface area contributed by atoms with Crippen LogP contribution in [-0.2, 0) is 4.79 Å². The Morgan fingerprint density at radius 1 is 1.03 bits per heavy atom. The molecule has 0 aliphatic carbocycles. The van der Waals surface area contributed by atoms with Crippen molar-refractivity contribution in [3.8, 4) is 11.6 Å². The molecule has 1 heterocycles. The molecule has 1 aromatic heterocycles. The number of methoxy groups -OCH3 is 1. The number of ether oxygens (including phenoxy) is 1. The summed E-state index contributed by atoms with van der Waals surface area (Å²) in [6, 6.07) is 13.0. The molecule has 9 heteroatoms. The van der Waals surface area contributed by atoms with Crippen LogP contribution in [0.3, 0.4) is 0 Å². The number of carbonyl (C=O) groups excluding carboxylic acids is 2. The minimum Gasteiger partial charge on any atom is -0.481 e. The first-order valence-corrected chi connectivity index (χ1v) is 8.50. The number of benzene rings is 2. The first-order chi connectivity index (χ1) is 13.9. The van der Waals surface area contributed by atoms with E-state index < -0.39 is 22.8 Å². The second kappa shape index (κ2) is 8.34. The van der Waals surface area contributed by atoms with Crippen molar-refractivity contribution in [1.29, 1.82) is 0 Å². The van der Waals surface area contributed by atoms with E-state index in [4.69, 9.17) is 4.74 Å². The third kappa shape index (κ3) is 4.64. The zero-order chi connectivity index (χ0) is 21.0. The van der Waals surface area contributed by atoms with Crippen LogP contribution in [0.4, 0.5) is 15.8 Å². The minimum atomic E-state index is -0.761. The molecule has 0 saturated carbocycles. The topological polar surface area (TPSA) is 102 Å². The molecule has 2 amide bonds. The van der Waals surface area contributed by atoms with Gasteiger partial charge >= 0.3 is 0 Å². The van der Waals surface area contributed by atoms with Crippen molar-refractivity contribution in [3.63, 3.8) is 0 Å². The Balaban J connectivity index is 1.96. The molecule has 3 aromatic rings. The van der Waals surface area contributed by atoms with E-state index in [1.807, 2.05) is 0 Å². The van der Waals surface area contributed by atoms with Crippen LogP contribution in [0.1, 0.15) is 17.4 Å². The van der Waals surface area contributed by atoms with Crippen LogP contribution in [0.25, 0.3) is 5.69 Å². The minimum absolute atomic E-state index is 0.0461. The predicted molar refractivity (Wildman–Crippen MR) is 105 cm³/mol. The molecule has 0 fully saturated rings. The average molecular weight is 396 g/mol. The highest BCUT2D eigenvalue weighted by Crippen LogP contribution is 2.18. The number of halogens is 1. The fourth-order valence-electron chi connectivity index (χ4n) is 2.60. The lowest BCUT2D eigenvalue weighted by Crippen LogP contribution is -2.26. The average Bonchev–Trinajstić information content (AvgIpc) is 2.67. The number of anilines is 2. The van der Waals surface area contributed by atoms with Crippen LogP contribution >= 0.6 is 0 Å². The highest BCUT2D eigenvalue weighted by molar-refractivity contribution is 6.03. The number of rotatable bonds is 5. The lowest BCUT2D eigenvalue weighted by atomic mass is 10.2. The van der Waals surface area contributed by atoms with Crippen molar-refractivity contribution in [1.82, 2.24) is 9.78 Å². The van der Waals surface area contributed by atoms with E-state index >= 15 is 0 Å². The molecule has 148 valence electrons. The van der Waals surface area contributed by atoms with Gasteiger partial charge in [-0.15, -0.1) is 0 Å². The van der Waals surface area contributed by atoms with E-state index in [-0.39, 0.29) is 17.5 Å². The van der Waals surface area contributed by atoms with Crippen LogP contribution in [0.2, 0.25) is 0 Å². The third-order valence-electron chi connectivity index (χ3n) is 3.81. The summed E-state index contributed by atoms with van der Waals surface area (Å²) >= 11 is 0. The SMILES string of the molecule is COc1cc(=O)c(C(=O)Nc2cccc(NC(C)=O)c2)nn1-c1cccc(F)c1. The molecule has 0 atom stereocenters. The summed E-state index contributed by atoms with van der Waals surface area (Å²) in [7, 11) is 1.33. The smallest absolute Gasteiger partial charge is 0.280 e. The van der Waals surface area contributed by atoms with Gasteiger partial charge in [0.1, 0.15) is 5.82 Å². The predicted octanol–water partition coefficient (Wildman–Crippen LogP) is 2.59. The Bertz CT molecular complexity index is 1140. The van der Waals surface area contributed by atoms with Crippen molar-refractivity contribution >= 4 is 23.2 Å². The van der Waals surface area contributed by atoms with E-state index in [1.165, 1.54) is 38.3 Å². The van der Waals surface area contributed by atoms with Gasteiger partial charge in [0.25, 0.3) is 5.91 Å². The van der Waals surface area contributed by atoms with E-state index in [0.717, 1.165) is 10.7 Å². The third-order valence-corrected chi connectivity index (χ3v) is 3.81. The number of hydrogen-bond donors (Lipinski definition) is 2. The summed E-state index contributed by atoms with van der Waals surface area (Å²) in [5.41, 5.74) is 0.0549. The first kappa shape index (κ1) is 19.7. The van der Waals surface area contributed by atoms with Gasteiger partial charge in [0.05, 0.1) is 18.9 Å². The van der Waals surface area contributed by atoms with Gasteiger partial charge in [-0.05, 0) is 36.4 Å². The molecule has 29 heavy (non-hydrogen) atoms. The van der Waals surface area contributed by atoms with Crippen LogP contribution in [0.5, 0.6) is 5.88 Å². The van der Waals surface area contributed by atoms with E-state index in [0.29, 0.717) is 11.4 Å². The number of nitrogens with zero attached hydrogens (tertiary/aromatic N) is 2. The summed E-state index contributed by atoms with van der Waals surface area (Å²) in [6.45, 7) is 1.36. The highest BCUT2D eigenvalue weighted by Gasteiger charge is 2.18. The molecule has 2 aromatic carbocycles. The lowest BCUT2D eigenvalue weighted by molar-refractivity contribution is -0.114. The van der Waals surface area contributed by atoms with Crippen molar-refractivity contribution in [2.45, 2.75) is 6.92 Å². The van der Waals surface area contributed by atoms with Gasteiger partial charge < -0.3 is 15.4 Å². The number of nitrogens with one attached hydrogen (secondary N) is 2. The summed E-state index contributed by atoms with van der Waals surface area (Å²) in [5, 5.41) is 9.21. The fourth-order valence-corrected chi connectivity index (χ4v) is 2.60. The van der Waals surface area contributed by atoms with Crippen molar-refractivity contribution < 1.29 is 18.7 Å². The van der Waals surface area contributed by atoms with Gasteiger partial charge in [0.2, 0.25) is 17.2 Å². The maximum absolute atomic E-state index is 13.6. The summed E-state index contributed by atoms with van der Waals surface area (Å²) in [5.74, 6) is -1.48. The molecule has 8 nitrogen and oxygen atoms in total. The number of carbonyl (C=O) groups is 2. The fraction of sp³-hybridized carbons (Fsp3) is 0.100. The molecule has 0 bridgehead atoms. The number of hydrogen-bond acceptors (Lipinski definition) is 5. The summed E-state index contributed by atoms with van der Waals surface area (Å²) in [6.07, 6.45) is 0. The van der Waals surface area contributed by atoms with Crippen LogP contribution in [0.15, 0.2) is 59.4 Å². The van der Waals surface area contributed by atoms with Gasteiger partial charge in [0, 0.05) is 18.3 Å². The molecular weight excluding hydrogens is 379 g/mol. The maximum Gasteiger partial charge on any atom is 0.280 e. The van der Waals surface area contributed by atoms with E-state index in [1.54, 1.807) is 24.3 Å². The van der Waals surface area contributed by atoms with E-state index in [2.05, 4.69) is 15.7 Å². The Hall–Kier alpha value is -4.01. The molecule has 0 spiro atoms. The first-order valence-electron chi connectivity index (χ1n) is 8.50. The maximum atomic E-state index is 13.6. The van der Waals surface area contributed by atoms with E-state index in [9.17, 15) is 18.8 Å². The Kier molecular flexibility index (Phi) is 5.68. The Morgan fingerprint density at radius 3 is 2.38 bits per heavy atom. The van der Waals surface area contributed by atoms with Crippen molar-refractivity contribution in [2.75, 3.05) is 17.7 Å². The molecule has 0 unspecified atom stereocenters. The largest absolute Gasteiger partial charge is 0.481 e. The van der Waals surface area contributed by atoms with Crippen LogP contribution in [-0.4, -0.2) is 28.7 Å². The monoisotopic (exact) mass is 396 g/mol. The molecular formula is C20H17FN4O4. The quantitative estimate of drug-likeness (QED) is 0.690. The molecule has 0 saturated heterocycles. The summed E-state index contributed by atoms with van der Waals surface area (Å²) < 4.78 is 19.9. The molecule has 3 rings (SSSR count). The molecule has 0 aliphatic rings. The highest BCUT2D eigenvalue weighted by atomic mass is 19.1. The van der Waals surface area contributed by atoms with Gasteiger partial charge in [-0.1, -0.05) is 12.1 Å². The van der Waals surface area contributed by atoms with Crippen LogP contribution < -0.4 is 20.8 Å². The standard InChI is InChI=1S/C20H17FN4O4/c1-12(26)22-14-6-4-7-15(10-14)23-20(28)19-17(27)11-18(29-2)25(24-19)16-8-3-5-13(21)9-16/h3-11H,1-2H3,(H,22,26)(H,23,28). The Morgan fingerprint density at radius 2 is 1.72 bits per heavy atom. The lowest BCUT2D eigenvalue weighted by Gasteiger charge is -2.13. The van der Waals surface area contributed by atoms with Crippen molar-refractivity contribution in [3.05, 3.63) is 76.3 Å². The molecule has 2 N–H and O–H groups in total. The van der Waals surface area contributed by atoms with Gasteiger partial charge in [-0.25, -0.2) is 9.07 Å². The van der Waals surface area contributed by atoms with Crippen molar-refractivity contribution in [2.24, 2.45) is 0 Å². The van der Waals surface area contributed by atoms with Gasteiger partial charge in [-0.3, -0.25) is 14.4 Å². The van der Waals surface area contributed by atoms with Gasteiger partial charge in [0.15, 0.2) is 5.69 Å².